The van der Waals surface area contributed by atoms with E-state index in [4.69, 9.17) is 9.84 Å². The molecule has 0 radical (unpaired) electrons. The molecule has 0 aromatic carbocycles. The lowest BCUT2D eigenvalue weighted by Crippen LogP contribution is -2.53. The van der Waals surface area contributed by atoms with Crippen LogP contribution in [0.25, 0.3) is 0 Å². The average molecular weight is 361 g/mol. The van der Waals surface area contributed by atoms with Gasteiger partial charge in [0.25, 0.3) is 0 Å². The number of fused-ring (bicyclic) bond motifs is 1. The van der Waals surface area contributed by atoms with E-state index in [1.54, 1.807) is 5.01 Å². The quantitative estimate of drug-likeness (QED) is 0.445. The summed E-state index contributed by atoms with van der Waals surface area (Å²) in [6.45, 7) is 15.6. The minimum absolute atomic E-state index is 0.0147. The number of allylic oxidation sites excluding steroid dienone is 2. The Bertz CT molecular complexity index is 630. The summed E-state index contributed by atoms with van der Waals surface area (Å²) in [4.78, 5) is 12.8. The maximum absolute atomic E-state index is 12.8. The van der Waals surface area contributed by atoms with Crippen molar-refractivity contribution in [2.75, 3.05) is 0 Å². The molecule has 0 N–H and O–H groups in total. The Balaban J connectivity index is 1.95. The molecule has 2 saturated carbocycles. The van der Waals surface area contributed by atoms with E-state index in [1.807, 2.05) is 0 Å². The fourth-order valence-corrected chi connectivity index (χ4v) is 5.43. The zero-order valence-corrected chi connectivity index (χ0v) is 17.6. The number of ether oxygens (including phenoxy) is 1. The predicted molar refractivity (Wildman–Crippen MR) is 106 cm³/mol. The van der Waals surface area contributed by atoms with E-state index < -0.39 is 0 Å². The standard InChI is InChI=1S/C22H36N2O2/c1-14(2)8-9-16(5)18(12-15(3)4)23-24-20(25)26-19-13-17-10-11-22(19,24)21(17,6)7/h8,15-17,19H,9-13H2,1-7H3/b23-18-/t16-,17+,19+,22+/m0/s1. The van der Waals surface area contributed by atoms with Crippen LogP contribution in [0.3, 0.4) is 0 Å². The van der Waals surface area contributed by atoms with E-state index in [1.165, 1.54) is 12.0 Å². The van der Waals surface area contributed by atoms with Gasteiger partial charge in [0.05, 0.1) is 0 Å². The molecule has 1 heterocycles. The Morgan fingerprint density at radius 2 is 2.04 bits per heavy atom. The second-order valence-corrected chi connectivity index (χ2v) is 9.91. The fourth-order valence-electron chi connectivity index (χ4n) is 5.43. The number of amides is 1. The summed E-state index contributed by atoms with van der Waals surface area (Å²) in [5.74, 6) is 1.48. The minimum atomic E-state index is -0.243. The van der Waals surface area contributed by atoms with Gasteiger partial charge >= 0.3 is 6.09 Å². The number of nitrogens with zero attached hydrogens (tertiary/aromatic N) is 2. The van der Waals surface area contributed by atoms with Gasteiger partial charge in [-0.05, 0) is 69.1 Å². The van der Waals surface area contributed by atoms with Crippen molar-refractivity contribution in [2.24, 2.45) is 28.3 Å². The summed E-state index contributed by atoms with van der Waals surface area (Å²) in [6.07, 6.45) is 7.14. The number of carbonyl (C=O) groups is 1. The minimum Gasteiger partial charge on any atom is -0.442 e. The lowest BCUT2D eigenvalue weighted by atomic mass is 9.75. The third-order valence-electron chi connectivity index (χ3n) is 7.13. The van der Waals surface area contributed by atoms with Crippen LogP contribution in [0.15, 0.2) is 16.8 Å². The fraction of sp³-hybridized carbons (Fsp3) is 0.818. The van der Waals surface area contributed by atoms with Gasteiger partial charge in [0.2, 0.25) is 0 Å². The smallest absolute Gasteiger partial charge is 0.431 e. The summed E-state index contributed by atoms with van der Waals surface area (Å²) in [7, 11) is 0. The van der Waals surface area contributed by atoms with E-state index >= 15 is 0 Å². The first kappa shape index (κ1) is 19.4. The van der Waals surface area contributed by atoms with Gasteiger partial charge in [0, 0.05) is 5.71 Å². The maximum Gasteiger partial charge on any atom is 0.431 e. The Hall–Kier alpha value is -1.32. The lowest BCUT2D eigenvalue weighted by Gasteiger charge is -2.40. The molecule has 1 spiro atoms. The highest BCUT2D eigenvalue weighted by molar-refractivity contribution is 5.88. The van der Waals surface area contributed by atoms with E-state index in [9.17, 15) is 4.79 Å². The second kappa shape index (κ2) is 6.69. The molecule has 0 unspecified atom stereocenters. The highest BCUT2D eigenvalue weighted by atomic mass is 16.6. The van der Waals surface area contributed by atoms with E-state index in [2.05, 4.69) is 54.5 Å². The van der Waals surface area contributed by atoms with Crippen LogP contribution in [0.4, 0.5) is 4.79 Å². The van der Waals surface area contributed by atoms with E-state index in [0.717, 1.165) is 31.4 Å². The third-order valence-corrected chi connectivity index (χ3v) is 7.13. The first-order valence-electron chi connectivity index (χ1n) is 10.3. The molecule has 1 amide bonds. The molecule has 1 aliphatic heterocycles. The second-order valence-electron chi connectivity index (χ2n) is 9.91. The Morgan fingerprint density at radius 1 is 1.35 bits per heavy atom. The molecule has 4 heteroatoms. The summed E-state index contributed by atoms with van der Waals surface area (Å²) in [5, 5.41) is 6.81. The molecule has 3 fully saturated rings. The molecule has 0 aromatic rings. The van der Waals surface area contributed by atoms with Gasteiger partial charge in [-0.2, -0.15) is 10.1 Å². The zero-order chi connectivity index (χ0) is 19.3. The van der Waals surface area contributed by atoms with Gasteiger partial charge in [0.1, 0.15) is 11.6 Å². The van der Waals surface area contributed by atoms with Crippen molar-refractivity contribution in [3.63, 3.8) is 0 Å². The maximum atomic E-state index is 12.8. The summed E-state index contributed by atoms with van der Waals surface area (Å²) < 4.78 is 5.81. The topological polar surface area (TPSA) is 41.9 Å². The van der Waals surface area contributed by atoms with Crippen molar-refractivity contribution < 1.29 is 9.53 Å². The molecular formula is C22H36N2O2. The molecule has 4 nitrogen and oxygen atoms in total. The highest BCUT2D eigenvalue weighted by Crippen LogP contribution is 2.66. The van der Waals surface area contributed by atoms with Crippen LogP contribution < -0.4 is 0 Å². The van der Waals surface area contributed by atoms with Crippen LogP contribution in [0.5, 0.6) is 0 Å². The Labute approximate surface area is 159 Å². The van der Waals surface area contributed by atoms with Crippen LogP contribution in [0.2, 0.25) is 0 Å². The predicted octanol–water partition coefficient (Wildman–Crippen LogP) is 5.78. The zero-order valence-electron chi connectivity index (χ0n) is 17.6. The molecule has 2 bridgehead atoms. The van der Waals surface area contributed by atoms with Gasteiger partial charge in [0.15, 0.2) is 0 Å². The molecule has 3 rings (SSSR count). The van der Waals surface area contributed by atoms with Gasteiger partial charge in [-0.1, -0.05) is 46.3 Å². The number of hydrogen-bond acceptors (Lipinski definition) is 3. The number of hydrogen-bond donors (Lipinski definition) is 0. The summed E-state index contributed by atoms with van der Waals surface area (Å²) >= 11 is 0. The molecule has 0 aromatic heterocycles. The molecule has 26 heavy (non-hydrogen) atoms. The normalized spacial score (nSPS) is 33.5. The molecule has 3 aliphatic rings. The molecular weight excluding hydrogens is 324 g/mol. The SMILES string of the molecule is CC(C)=CC[C@H](C)/C(CC(C)C)=N\N1C(=O)O[C@@H]2C[C@H]3CC[C@]21C3(C)C. The Morgan fingerprint density at radius 3 is 2.62 bits per heavy atom. The van der Waals surface area contributed by atoms with Crippen LogP contribution in [-0.2, 0) is 4.74 Å². The molecule has 1 saturated heterocycles. The third kappa shape index (κ3) is 2.90. The van der Waals surface area contributed by atoms with Gasteiger partial charge in [-0.15, -0.1) is 0 Å². The van der Waals surface area contributed by atoms with Gasteiger partial charge < -0.3 is 4.74 Å². The van der Waals surface area contributed by atoms with Crippen molar-refractivity contribution >= 4 is 11.8 Å². The Kier molecular flexibility index (Phi) is 5.00. The van der Waals surface area contributed by atoms with Crippen molar-refractivity contribution in [2.45, 2.75) is 92.2 Å². The van der Waals surface area contributed by atoms with Gasteiger partial charge in [-0.3, -0.25) is 0 Å². The largest absolute Gasteiger partial charge is 0.442 e. The number of rotatable bonds is 6. The summed E-state index contributed by atoms with van der Waals surface area (Å²) in [5.41, 5.74) is 2.29. The van der Waals surface area contributed by atoms with Crippen LogP contribution in [-0.4, -0.2) is 28.5 Å². The number of carbonyl (C=O) groups excluding carboxylic acids is 1. The number of hydrazone groups is 1. The molecule has 4 atom stereocenters. The lowest BCUT2D eigenvalue weighted by molar-refractivity contribution is 0.0565. The van der Waals surface area contributed by atoms with Crippen LogP contribution >= 0.6 is 0 Å². The first-order chi connectivity index (χ1) is 12.1. The monoisotopic (exact) mass is 360 g/mol. The van der Waals surface area contributed by atoms with Crippen molar-refractivity contribution in [1.82, 2.24) is 5.01 Å². The van der Waals surface area contributed by atoms with Crippen molar-refractivity contribution in [3.8, 4) is 0 Å². The highest BCUT2D eigenvalue weighted by Gasteiger charge is 2.73. The van der Waals surface area contributed by atoms with Crippen LogP contribution in [0, 0.1) is 23.2 Å². The van der Waals surface area contributed by atoms with E-state index in [-0.39, 0.29) is 23.2 Å². The first-order valence-corrected chi connectivity index (χ1v) is 10.3. The van der Waals surface area contributed by atoms with Gasteiger partial charge in [-0.25, -0.2) is 4.79 Å². The summed E-state index contributed by atoms with van der Waals surface area (Å²) in [6, 6.07) is 0. The van der Waals surface area contributed by atoms with E-state index in [0.29, 0.717) is 17.8 Å². The average Bonchev–Trinajstić information content (AvgIpc) is 3.05. The molecule has 146 valence electrons. The molecule has 2 aliphatic carbocycles. The van der Waals surface area contributed by atoms with Crippen molar-refractivity contribution in [3.05, 3.63) is 11.6 Å². The van der Waals surface area contributed by atoms with Crippen LogP contribution in [0.1, 0.15) is 80.6 Å². The van der Waals surface area contributed by atoms with Crippen molar-refractivity contribution in [1.29, 1.82) is 0 Å².